The molecule has 1 amide bonds. The summed E-state index contributed by atoms with van der Waals surface area (Å²) in [7, 11) is 0. The Morgan fingerprint density at radius 3 is 3.00 bits per heavy atom. The van der Waals surface area contributed by atoms with Crippen LogP contribution in [0.1, 0.15) is 26.5 Å². The van der Waals surface area contributed by atoms with Gasteiger partial charge in [-0.25, -0.2) is 4.39 Å². The SMILES string of the molecule is O=C(Nc1cccc(F)c1I)c1cc2c(s1)CCC2. The van der Waals surface area contributed by atoms with Crippen molar-refractivity contribution >= 4 is 45.5 Å². The number of benzene rings is 1. The Kier molecular flexibility index (Phi) is 3.58. The summed E-state index contributed by atoms with van der Waals surface area (Å²) in [5.74, 6) is -0.463. The quantitative estimate of drug-likeness (QED) is 0.768. The van der Waals surface area contributed by atoms with E-state index in [0.717, 1.165) is 12.8 Å². The second-order valence-corrected chi connectivity index (χ2v) is 6.68. The van der Waals surface area contributed by atoms with E-state index in [-0.39, 0.29) is 11.7 Å². The fourth-order valence-electron chi connectivity index (χ4n) is 2.23. The lowest BCUT2D eigenvalue weighted by atomic mass is 10.2. The van der Waals surface area contributed by atoms with E-state index >= 15 is 0 Å². The molecule has 0 unspecified atom stereocenters. The minimum absolute atomic E-state index is 0.150. The highest BCUT2D eigenvalue weighted by Crippen LogP contribution is 2.31. The zero-order chi connectivity index (χ0) is 13.4. The van der Waals surface area contributed by atoms with Gasteiger partial charge >= 0.3 is 0 Å². The molecular formula is C14H11FINOS. The molecule has 1 aromatic heterocycles. The second-order valence-electron chi connectivity index (χ2n) is 4.47. The number of rotatable bonds is 2. The van der Waals surface area contributed by atoms with Gasteiger partial charge in [0.05, 0.1) is 14.1 Å². The fraction of sp³-hybridized carbons (Fsp3) is 0.214. The van der Waals surface area contributed by atoms with E-state index in [9.17, 15) is 9.18 Å². The van der Waals surface area contributed by atoms with Crippen LogP contribution in [0.4, 0.5) is 10.1 Å². The molecule has 1 aliphatic rings. The number of halogens is 2. The van der Waals surface area contributed by atoms with Crippen molar-refractivity contribution in [1.29, 1.82) is 0 Å². The van der Waals surface area contributed by atoms with Crippen molar-refractivity contribution in [1.82, 2.24) is 0 Å². The topological polar surface area (TPSA) is 29.1 Å². The van der Waals surface area contributed by atoms with Gasteiger partial charge < -0.3 is 5.32 Å². The normalized spacial score (nSPS) is 13.4. The largest absolute Gasteiger partial charge is 0.320 e. The third kappa shape index (κ3) is 2.53. The zero-order valence-electron chi connectivity index (χ0n) is 10.0. The molecular weight excluding hydrogens is 376 g/mol. The number of amides is 1. The number of hydrogen-bond donors (Lipinski definition) is 1. The molecule has 1 N–H and O–H groups in total. The van der Waals surface area contributed by atoms with Crippen LogP contribution in [0.2, 0.25) is 0 Å². The lowest BCUT2D eigenvalue weighted by Crippen LogP contribution is -2.11. The Balaban J connectivity index is 1.82. The van der Waals surface area contributed by atoms with E-state index in [1.165, 1.54) is 22.9 Å². The molecule has 1 aliphatic carbocycles. The number of anilines is 1. The number of thiophene rings is 1. The predicted octanol–water partition coefficient (Wildman–Crippen LogP) is 4.23. The first kappa shape index (κ1) is 13.1. The molecule has 1 heterocycles. The predicted molar refractivity (Wildman–Crippen MR) is 83.4 cm³/mol. The van der Waals surface area contributed by atoms with Crippen molar-refractivity contribution in [3.8, 4) is 0 Å². The van der Waals surface area contributed by atoms with Crippen LogP contribution in [0.25, 0.3) is 0 Å². The minimum atomic E-state index is -0.313. The van der Waals surface area contributed by atoms with E-state index < -0.39 is 0 Å². The fourth-order valence-corrected chi connectivity index (χ4v) is 3.87. The molecule has 0 radical (unpaired) electrons. The van der Waals surface area contributed by atoms with Crippen molar-refractivity contribution < 1.29 is 9.18 Å². The highest BCUT2D eigenvalue weighted by atomic mass is 127. The summed E-state index contributed by atoms with van der Waals surface area (Å²) in [6.45, 7) is 0. The maximum absolute atomic E-state index is 13.4. The summed E-state index contributed by atoms with van der Waals surface area (Å²) in [6, 6.07) is 6.66. The number of nitrogens with one attached hydrogen (secondary N) is 1. The molecule has 0 fully saturated rings. The van der Waals surface area contributed by atoms with Crippen LogP contribution in [0.3, 0.4) is 0 Å². The van der Waals surface area contributed by atoms with Crippen LogP contribution >= 0.6 is 33.9 Å². The van der Waals surface area contributed by atoms with Crippen molar-refractivity contribution in [2.24, 2.45) is 0 Å². The molecule has 98 valence electrons. The third-order valence-corrected chi connectivity index (χ3v) is 5.50. The van der Waals surface area contributed by atoms with Gasteiger partial charge in [-0.3, -0.25) is 4.79 Å². The highest BCUT2D eigenvalue weighted by Gasteiger charge is 2.19. The zero-order valence-corrected chi connectivity index (χ0v) is 13.0. The van der Waals surface area contributed by atoms with Crippen LogP contribution in [-0.4, -0.2) is 5.91 Å². The summed E-state index contributed by atoms with van der Waals surface area (Å²) in [4.78, 5) is 14.2. The van der Waals surface area contributed by atoms with E-state index in [2.05, 4.69) is 5.32 Å². The maximum Gasteiger partial charge on any atom is 0.265 e. The number of fused-ring (bicyclic) bond motifs is 1. The number of hydrogen-bond acceptors (Lipinski definition) is 2. The van der Waals surface area contributed by atoms with Crippen LogP contribution in [0, 0.1) is 9.39 Å². The molecule has 3 rings (SSSR count). The summed E-state index contributed by atoms with van der Waals surface area (Å²) in [6.07, 6.45) is 3.33. The first-order valence-corrected chi connectivity index (χ1v) is 7.91. The molecule has 0 saturated carbocycles. The Morgan fingerprint density at radius 1 is 1.37 bits per heavy atom. The molecule has 5 heteroatoms. The van der Waals surface area contributed by atoms with Crippen LogP contribution in [0.5, 0.6) is 0 Å². The van der Waals surface area contributed by atoms with Gasteiger partial charge in [0.25, 0.3) is 5.91 Å². The van der Waals surface area contributed by atoms with Crippen molar-refractivity contribution in [2.75, 3.05) is 5.32 Å². The third-order valence-electron chi connectivity index (χ3n) is 3.17. The van der Waals surface area contributed by atoms with Crippen LogP contribution in [-0.2, 0) is 12.8 Å². The molecule has 0 atom stereocenters. The van der Waals surface area contributed by atoms with Gasteiger partial charge in [0.1, 0.15) is 5.82 Å². The summed E-state index contributed by atoms with van der Waals surface area (Å²) >= 11 is 3.45. The number of aryl methyl sites for hydroxylation is 2. The smallest absolute Gasteiger partial charge is 0.265 e. The summed E-state index contributed by atoms with van der Waals surface area (Å²) < 4.78 is 13.8. The molecule has 19 heavy (non-hydrogen) atoms. The van der Waals surface area contributed by atoms with Gasteiger partial charge in [0, 0.05) is 4.88 Å². The van der Waals surface area contributed by atoms with Gasteiger partial charge in [-0.15, -0.1) is 11.3 Å². The average molecular weight is 387 g/mol. The molecule has 0 spiro atoms. The molecule has 0 bridgehead atoms. The molecule has 0 aliphatic heterocycles. The Morgan fingerprint density at radius 2 is 2.21 bits per heavy atom. The lowest BCUT2D eigenvalue weighted by molar-refractivity contribution is 0.103. The van der Waals surface area contributed by atoms with Gasteiger partial charge in [-0.2, -0.15) is 0 Å². The van der Waals surface area contributed by atoms with E-state index in [1.54, 1.807) is 23.5 Å². The van der Waals surface area contributed by atoms with Gasteiger partial charge in [0.15, 0.2) is 0 Å². The monoisotopic (exact) mass is 387 g/mol. The lowest BCUT2D eigenvalue weighted by Gasteiger charge is -2.06. The maximum atomic E-state index is 13.4. The number of carbonyl (C=O) groups excluding carboxylic acids is 1. The van der Waals surface area contributed by atoms with Gasteiger partial charge in [0.2, 0.25) is 0 Å². The summed E-state index contributed by atoms with van der Waals surface area (Å²) in [5.41, 5.74) is 1.82. The highest BCUT2D eigenvalue weighted by molar-refractivity contribution is 14.1. The Labute approximate surface area is 128 Å². The van der Waals surface area contributed by atoms with E-state index in [4.69, 9.17) is 0 Å². The molecule has 2 nitrogen and oxygen atoms in total. The van der Waals surface area contributed by atoms with Gasteiger partial charge in [-0.1, -0.05) is 6.07 Å². The summed E-state index contributed by atoms with van der Waals surface area (Å²) in [5, 5.41) is 2.78. The second kappa shape index (κ2) is 5.20. The van der Waals surface area contributed by atoms with E-state index in [1.807, 2.05) is 28.7 Å². The number of carbonyl (C=O) groups is 1. The van der Waals surface area contributed by atoms with Crippen molar-refractivity contribution in [3.63, 3.8) is 0 Å². The first-order valence-electron chi connectivity index (χ1n) is 6.02. The van der Waals surface area contributed by atoms with Crippen molar-refractivity contribution in [3.05, 3.63) is 49.0 Å². The first-order chi connectivity index (χ1) is 9.15. The average Bonchev–Trinajstić information content (AvgIpc) is 2.95. The van der Waals surface area contributed by atoms with Gasteiger partial charge in [-0.05, 0) is 65.6 Å². The molecule has 0 saturated heterocycles. The molecule has 1 aromatic carbocycles. The minimum Gasteiger partial charge on any atom is -0.320 e. The van der Waals surface area contributed by atoms with Crippen LogP contribution < -0.4 is 5.32 Å². The Bertz CT molecular complexity index is 631. The molecule has 2 aromatic rings. The van der Waals surface area contributed by atoms with E-state index in [0.29, 0.717) is 14.1 Å². The standard InChI is InChI=1S/C14H11FINOS/c15-9-4-2-5-10(13(9)16)17-14(18)12-7-8-3-1-6-11(8)19-12/h2,4-5,7H,1,3,6H2,(H,17,18). The Hall–Kier alpha value is -0.950. The van der Waals surface area contributed by atoms with Crippen LogP contribution in [0.15, 0.2) is 24.3 Å². The van der Waals surface area contributed by atoms with Crippen molar-refractivity contribution in [2.45, 2.75) is 19.3 Å².